The lowest BCUT2D eigenvalue weighted by Gasteiger charge is -2.16. The normalized spacial score (nSPS) is 19.0. The fraction of sp³-hybridized carbons (Fsp3) is 0.350. The van der Waals surface area contributed by atoms with Crippen LogP contribution in [0.4, 0.5) is 4.39 Å². The summed E-state index contributed by atoms with van der Waals surface area (Å²) in [6.45, 7) is 0.961. The third kappa shape index (κ3) is 2.68. The smallest absolute Gasteiger partial charge is 0.289 e. The number of carbonyl (C=O) groups excluding carboxylic acids is 1. The molecule has 1 fully saturated rings. The maximum Gasteiger partial charge on any atom is 0.289 e. The molecule has 1 aliphatic heterocycles. The molecule has 5 rings (SSSR count). The number of hydrogen-bond donors (Lipinski definition) is 1. The lowest BCUT2D eigenvalue weighted by atomic mass is 9.98. The van der Waals surface area contributed by atoms with Gasteiger partial charge in [-0.2, -0.15) is 0 Å². The van der Waals surface area contributed by atoms with Crippen molar-refractivity contribution in [1.82, 2.24) is 14.9 Å². The Morgan fingerprint density at radius 3 is 3.00 bits per heavy atom. The Kier molecular flexibility index (Phi) is 3.86. The lowest BCUT2D eigenvalue weighted by molar-refractivity contribution is 0.0778. The Morgan fingerprint density at radius 1 is 1.30 bits per heavy atom. The van der Waals surface area contributed by atoms with Crippen LogP contribution in [0.15, 0.2) is 29.1 Å². The highest BCUT2D eigenvalue weighted by molar-refractivity contribution is 7.18. The number of likely N-dealkylation sites (tertiary alicyclic amines) is 1. The minimum absolute atomic E-state index is 0.0313. The molecule has 0 saturated carbocycles. The summed E-state index contributed by atoms with van der Waals surface area (Å²) < 4.78 is 14.0. The van der Waals surface area contributed by atoms with E-state index in [9.17, 15) is 14.0 Å². The molecular weight excluding hydrogens is 365 g/mol. The van der Waals surface area contributed by atoms with Crippen LogP contribution in [0.2, 0.25) is 0 Å². The van der Waals surface area contributed by atoms with E-state index in [1.807, 2.05) is 6.07 Å². The first kappa shape index (κ1) is 16.6. The lowest BCUT2D eigenvalue weighted by Crippen LogP contribution is -2.31. The van der Waals surface area contributed by atoms with Gasteiger partial charge in [-0.25, -0.2) is 9.37 Å². The quantitative estimate of drug-likeness (QED) is 0.739. The number of hydrogen-bond acceptors (Lipinski definition) is 4. The van der Waals surface area contributed by atoms with Gasteiger partial charge in [-0.1, -0.05) is 18.2 Å². The Balaban J connectivity index is 1.43. The van der Waals surface area contributed by atoms with Crippen molar-refractivity contribution >= 4 is 27.5 Å². The molecule has 0 bridgehead atoms. The number of rotatable bonds is 2. The van der Waals surface area contributed by atoms with Crippen LogP contribution < -0.4 is 5.56 Å². The standard InChI is InChI=1S/C20H18FN3O2S/c21-14-6-2-1-4-12(14)11-8-9-24(10-11)20(26)17-22-18(25)16-13-5-3-7-15(13)27-19(16)23-17/h1-2,4,6,11H,3,5,7-10H2,(H,22,23,25). The molecule has 3 heterocycles. The van der Waals surface area contributed by atoms with Crippen LogP contribution >= 0.6 is 11.3 Å². The van der Waals surface area contributed by atoms with Crippen LogP contribution in [0.3, 0.4) is 0 Å². The van der Waals surface area contributed by atoms with Crippen LogP contribution in [-0.4, -0.2) is 33.9 Å². The summed E-state index contributed by atoms with van der Waals surface area (Å²) in [4.78, 5) is 36.1. The molecule has 2 aliphatic rings. The molecular formula is C20H18FN3O2S. The van der Waals surface area contributed by atoms with Gasteiger partial charge in [0.25, 0.3) is 11.5 Å². The Hall–Kier alpha value is -2.54. The van der Waals surface area contributed by atoms with Crippen molar-refractivity contribution < 1.29 is 9.18 Å². The van der Waals surface area contributed by atoms with E-state index in [-0.39, 0.29) is 29.0 Å². The molecule has 1 amide bonds. The van der Waals surface area contributed by atoms with Crippen LogP contribution in [0.5, 0.6) is 0 Å². The summed E-state index contributed by atoms with van der Waals surface area (Å²) in [5.74, 6) is -0.475. The van der Waals surface area contributed by atoms with Gasteiger partial charge < -0.3 is 9.88 Å². The van der Waals surface area contributed by atoms with E-state index in [1.165, 1.54) is 22.3 Å². The summed E-state index contributed by atoms with van der Waals surface area (Å²) >= 11 is 1.52. The number of nitrogens with one attached hydrogen (secondary N) is 1. The van der Waals surface area contributed by atoms with Crippen LogP contribution in [0, 0.1) is 5.82 Å². The van der Waals surface area contributed by atoms with Gasteiger partial charge >= 0.3 is 0 Å². The van der Waals surface area contributed by atoms with Crippen molar-refractivity contribution in [3.63, 3.8) is 0 Å². The highest BCUT2D eigenvalue weighted by atomic mass is 32.1. The van der Waals surface area contributed by atoms with Crippen molar-refractivity contribution in [1.29, 1.82) is 0 Å². The summed E-state index contributed by atoms with van der Waals surface area (Å²) in [6, 6.07) is 6.70. The predicted octanol–water partition coefficient (Wildman–Crippen LogP) is 3.24. The van der Waals surface area contributed by atoms with Gasteiger partial charge in [0.2, 0.25) is 5.82 Å². The first-order chi connectivity index (χ1) is 13.1. The van der Waals surface area contributed by atoms with Crippen molar-refractivity contribution in [2.75, 3.05) is 13.1 Å². The van der Waals surface area contributed by atoms with Gasteiger partial charge in [0.1, 0.15) is 10.6 Å². The number of nitrogens with zero attached hydrogens (tertiary/aromatic N) is 2. The van der Waals surface area contributed by atoms with Crippen molar-refractivity contribution in [2.24, 2.45) is 0 Å². The molecule has 1 saturated heterocycles. The van der Waals surface area contributed by atoms with Crippen molar-refractivity contribution in [3.05, 3.63) is 62.3 Å². The van der Waals surface area contributed by atoms with Gasteiger partial charge in [0, 0.05) is 23.9 Å². The minimum Gasteiger partial charge on any atom is -0.335 e. The number of amides is 1. The number of carbonyl (C=O) groups is 1. The number of halogens is 1. The molecule has 2 aromatic heterocycles. The molecule has 0 spiro atoms. The average molecular weight is 383 g/mol. The Morgan fingerprint density at radius 2 is 2.15 bits per heavy atom. The Bertz CT molecular complexity index is 1120. The molecule has 27 heavy (non-hydrogen) atoms. The van der Waals surface area contributed by atoms with Gasteiger partial charge in [-0.15, -0.1) is 11.3 Å². The fourth-order valence-corrected chi connectivity index (χ4v) is 5.52. The van der Waals surface area contributed by atoms with E-state index in [0.29, 0.717) is 35.3 Å². The molecule has 1 aromatic carbocycles. The van der Waals surface area contributed by atoms with Gasteiger partial charge in [0.15, 0.2) is 0 Å². The molecule has 1 atom stereocenters. The molecule has 0 radical (unpaired) electrons. The maximum absolute atomic E-state index is 14.0. The van der Waals surface area contributed by atoms with E-state index in [2.05, 4.69) is 9.97 Å². The Labute approximate surface area is 158 Å². The van der Waals surface area contributed by atoms with E-state index < -0.39 is 0 Å². The first-order valence-electron chi connectivity index (χ1n) is 9.20. The number of aryl methyl sites for hydroxylation is 2. The van der Waals surface area contributed by atoms with E-state index >= 15 is 0 Å². The number of H-pyrrole nitrogens is 1. The maximum atomic E-state index is 14.0. The third-order valence-electron chi connectivity index (χ3n) is 5.60. The molecule has 1 unspecified atom stereocenters. The first-order valence-corrected chi connectivity index (χ1v) is 10.0. The largest absolute Gasteiger partial charge is 0.335 e. The fourth-order valence-electron chi connectivity index (χ4n) is 4.26. The van der Waals surface area contributed by atoms with E-state index in [4.69, 9.17) is 0 Å². The summed E-state index contributed by atoms with van der Waals surface area (Å²) in [5.41, 5.74) is 1.51. The highest BCUT2D eigenvalue weighted by Gasteiger charge is 2.31. The monoisotopic (exact) mass is 383 g/mol. The van der Waals surface area contributed by atoms with Crippen LogP contribution in [0.1, 0.15) is 45.4 Å². The second-order valence-corrected chi connectivity index (χ2v) is 8.29. The van der Waals surface area contributed by atoms with Gasteiger partial charge in [-0.3, -0.25) is 9.59 Å². The summed E-state index contributed by atoms with van der Waals surface area (Å²) in [7, 11) is 0. The van der Waals surface area contributed by atoms with E-state index in [0.717, 1.165) is 24.8 Å². The molecule has 1 aliphatic carbocycles. The second-order valence-electron chi connectivity index (χ2n) is 7.21. The summed E-state index contributed by atoms with van der Waals surface area (Å²) in [6.07, 6.45) is 3.66. The van der Waals surface area contributed by atoms with Gasteiger partial charge in [0.05, 0.1) is 5.39 Å². The number of aromatic amines is 1. The zero-order valence-corrected chi connectivity index (χ0v) is 15.4. The number of thiophene rings is 1. The van der Waals surface area contributed by atoms with Crippen molar-refractivity contribution in [2.45, 2.75) is 31.6 Å². The second kappa shape index (κ2) is 6.27. The molecule has 1 N–H and O–H groups in total. The zero-order chi connectivity index (χ0) is 18.5. The molecule has 5 nitrogen and oxygen atoms in total. The summed E-state index contributed by atoms with van der Waals surface area (Å²) in [5, 5.41) is 0.648. The topological polar surface area (TPSA) is 66.1 Å². The van der Waals surface area contributed by atoms with Crippen LogP contribution in [-0.2, 0) is 12.8 Å². The predicted molar refractivity (Wildman–Crippen MR) is 102 cm³/mol. The van der Waals surface area contributed by atoms with E-state index in [1.54, 1.807) is 17.0 Å². The SMILES string of the molecule is O=C(c1nc2sc3c(c2c(=O)[nH]1)CCC3)N1CCC(c2ccccc2F)C1. The zero-order valence-electron chi connectivity index (χ0n) is 14.6. The number of benzene rings is 1. The van der Waals surface area contributed by atoms with Gasteiger partial charge in [-0.05, 0) is 42.9 Å². The average Bonchev–Trinajstić information content (AvgIpc) is 3.36. The molecule has 138 valence electrons. The highest BCUT2D eigenvalue weighted by Crippen LogP contribution is 2.35. The molecule has 7 heteroatoms. The number of fused-ring (bicyclic) bond motifs is 3. The minimum atomic E-state index is -0.290. The number of aromatic nitrogens is 2. The van der Waals surface area contributed by atoms with Crippen LogP contribution in [0.25, 0.3) is 10.2 Å². The van der Waals surface area contributed by atoms with Crippen molar-refractivity contribution in [3.8, 4) is 0 Å². The molecule has 3 aromatic rings. The third-order valence-corrected chi connectivity index (χ3v) is 6.78.